The summed E-state index contributed by atoms with van der Waals surface area (Å²) in [5.74, 6) is -1.11. The molecule has 19 heavy (non-hydrogen) atoms. The second-order valence-corrected chi connectivity index (χ2v) is 6.65. The van der Waals surface area contributed by atoms with E-state index in [1.807, 2.05) is 0 Å². The first-order valence-electron chi connectivity index (χ1n) is 5.99. The molecule has 0 saturated heterocycles. The van der Waals surface area contributed by atoms with Crippen LogP contribution >= 0.6 is 0 Å². The lowest BCUT2D eigenvalue weighted by Gasteiger charge is -2.25. The van der Waals surface area contributed by atoms with E-state index in [9.17, 15) is 13.2 Å². The molecule has 0 aliphatic rings. The maximum Gasteiger partial charge on any atom is 0.303 e. The molecule has 0 spiro atoms. The first-order valence-corrected chi connectivity index (χ1v) is 7.64. The molecule has 0 bridgehead atoms. The van der Waals surface area contributed by atoms with Crippen molar-refractivity contribution in [1.82, 2.24) is 4.72 Å². The van der Waals surface area contributed by atoms with Gasteiger partial charge in [-0.05, 0) is 20.3 Å². The summed E-state index contributed by atoms with van der Waals surface area (Å²) >= 11 is 0. The molecular weight excluding hydrogens is 274 g/mol. The average Bonchev–Trinajstić information content (AvgIpc) is 2.25. The van der Waals surface area contributed by atoms with Gasteiger partial charge < -0.3 is 14.6 Å². The zero-order chi connectivity index (χ0) is 14.9. The van der Waals surface area contributed by atoms with E-state index >= 15 is 0 Å². The number of carboxylic acid groups (broad SMARTS) is 1. The Hall–Kier alpha value is -0.700. The monoisotopic (exact) mass is 297 g/mol. The summed E-state index contributed by atoms with van der Waals surface area (Å²) in [6, 6.07) is 0. The summed E-state index contributed by atoms with van der Waals surface area (Å²) in [6.45, 7) is 4.14. The highest BCUT2D eigenvalue weighted by atomic mass is 32.2. The van der Waals surface area contributed by atoms with Crippen molar-refractivity contribution in [1.29, 1.82) is 0 Å². The third-order valence-electron chi connectivity index (χ3n) is 2.32. The number of sulfonamides is 1. The predicted molar refractivity (Wildman–Crippen MR) is 70.6 cm³/mol. The maximum atomic E-state index is 11.8. The van der Waals surface area contributed by atoms with Crippen LogP contribution in [0.5, 0.6) is 0 Å². The molecule has 0 amide bonds. The Morgan fingerprint density at radius 2 is 1.89 bits per heavy atom. The summed E-state index contributed by atoms with van der Waals surface area (Å²) in [7, 11) is -1.95. The number of nitrogens with one attached hydrogen (secondary N) is 1. The first kappa shape index (κ1) is 18.3. The molecule has 2 N–H and O–H groups in total. The number of aliphatic carboxylic acids is 1. The molecular formula is C11H23NO6S. The normalized spacial score (nSPS) is 12.6. The number of rotatable bonds is 11. The van der Waals surface area contributed by atoms with E-state index in [2.05, 4.69) is 4.72 Å². The summed E-state index contributed by atoms with van der Waals surface area (Å²) < 4.78 is 35.8. The summed E-state index contributed by atoms with van der Waals surface area (Å²) in [5.41, 5.74) is -0.788. The highest BCUT2D eigenvalue weighted by Gasteiger charge is 2.25. The molecule has 0 radical (unpaired) electrons. The predicted octanol–water partition coefficient (Wildman–Crippen LogP) is 0.212. The summed E-state index contributed by atoms with van der Waals surface area (Å²) in [5, 5.41) is 8.59. The van der Waals surface area contributed by atoms with Gasteiger partial charge >= 0.3 is 5.97 Å². The second kappa shape index (κ2) is 8.47. The Kier molecular flexibility index (Phi) is 8.15. The lowest BCUT2D eigenvalue weighted by molar-refractivity contribution is -0.137. The van der Waals surface area contributed by atoms with Crippen molar-refractivity contribution in [2.45, 2.75) is 32.2 Å². The van der Waals surface area contributed by atoms with Gasteiger partial charge in [-0.25, -0.2) is 13.1 Å². The van der Waals surface area contributed by atoms with Gasteiger partial charge in [0, 0.05) is 19.1 Å². The van der Waals surface area contributed by atoms with Crippen molar-refractivity contribution in [3.8, 4) is 0 Å². The molecule has 0 aliphatic heterocycles. The molecule has 0 fully saturated rings. The van der Waals surface area contributed by atoms with Crippen molar-refractivity contribution in [3.63, 3.8) is 0 Å². The average molecular weight is 297 g/mol. The van der Waals surface area contributed by atoms with Crippen molar-refractivity contribution in [2.24, 2.45) is 0 Å². The van der Waals surface area contributed by atoms with E-state index in [0.717, 1.165) is 0 Å². The van der Waals surface area contributed by atoms with Gasteiger partial charge in [0.25, 0.3) is 0 Å². The fourth-order valence-corrected chi connectivity index (χ4v) is 2.74. The fraction of sp³-hybridized carbons (Fsp3) is 0.909. The molecule has 8 heteroatoms. The molecule has 0 aliphatic carbocycles. The van der Waals surface area contributed by atoms with Crippen molar-refractivity contribution >= 4 is 16.0 Å². The highest BCUT2D eigenvalue weighted by molar-refractivity contribution is 7.89. The topological polar surface area (TPSA) is 102 Å². The van der Waals surface area contributed by atoms with Gasteiger partial charge in [-0.2, -0.15) is 0 Å². The van der Waals surface area contributed by atoms with Gasteiger partial charge in [0.2, 0.25) is 10.0 Å². The van der Waals surface area contributed by atoms with Gasteiger partial charge in [0.1, 0.15) is 0 Å². The van der Waals surface area contributed by atoms with Crippen molar-refractivity contribution in [3.05, 3.63) is 0 Å². The quantitative estimate of drug-likeness (QED) is 0.529. The molecule has 0 aromatic carbocycles. The van der Waals surface area contributed by atoms with Gasteiger partial charge in [-0.1, -0.05) is 0 Å². The third-order valence-corrected chi connectivity index (χ3v) is 3.89. The minimum absolute atomic E-state index is 0.0771. The molecule has 7 nitrogen and oxygen atoms in total. The van der Waals surface area contributed by atoms with Crippen LogP contribution in [0.15, 0.2) is 0 Å². The summed E-state index contributed by atoms with van der Waals surface area (Å²) in [4.78, 5) is 10.5. The van der Waals surface area contributed by atoms with Gasteiger partial charge in [-0.3, -0.25) is 4.79 Å². The Labute approximate surface area is 114 Å². The van der Waals surface area contributed by atoms with Gasteiger partial charge in [-0.15, -0.1) is 0 Å². The molecule has 0 saturated carbocycles. The minimum atomic E-state index is -3.48. The van der Waals surface area contributed by atoms with Crippen LogP contribution in [0.25, 0.3) is 0 Å². The van der Waals surface area contributed by atoms with Crippen molar-refractivity contribution in [2.75, 3.05) is 32.7 Å². The van der Waals surface area contributed by atoms with E-state index in [4.69, 9.17) is 14.6 Å². The Balaban J connectivity index is 4.09. The SMILES string of the molecule is COCCOCCS(=O)(=O)NC(C)(C)CCC(=O)O. The maximum absolute atomic E-state index is 11.8. The fourth-order valence-electron chi connectivity index (χ4n) is 1.36. The third kappa shape index (κ3) is 10.9. The Morgan fingerprint density at radius 3 is 2.42 bits per heavy atom. The van der Waals surface area contributed by atoms with Crippen LogP contribution in [0.1, 0.15) is 26.7 Å². The van der Waals surface area contributed by atoms with Crippen LogP contribution in [0, 0.1) is 0 Å². The number of carboxylic acids is 1. The van der Waals surface area contributed by atoms with E-state index in [0.29, 0.717) is 13.2 Å². The molecule has 0 aromatic rings. The molecule has 0 rings (SSSR count). The zero-order valence-electron chi connectivity index (χ0n) is 11.6. The zero-order valence-corrected chi connectivity index (χ0v) is 12.5. The smallest absolute Gasteiger partial charge is 0.303 e. The van der Waals surface area contributed by atoms with E-state index in [-0.39, 0.29) is 25.2 Å². The minimum Gasteiger partial charge on any atom is -0.481 e. The number of hydrogen-bond donors (Lipinski definition) is 2. The van der Waals surface area contributed by atoms with E-state index in [1.54, 1.807) is 13.8 Å². The van der Waals surface area contributed by atoms with E-state index < -0.39 is 21.5 Å². The summed E-state index contributed by atoms with van der Waals surface area (Å²) in [6.07, 6.45) is 0.145. The van der Waals surface area contributed by atoms with Crippen LogP contribution in [-0.4, -0.2) is 57.7 Å². The van der Waals surface area contributed by atoms with Crippen LogP contribution in [0.4, 0.5) is 0 Å². The number of methoxy groups -OCH3 is 1. The number of hydrogen-bond acceptors (Lipinski definition) is 5. The lowest BCUT2D eigenvalue weighted by Crippen LogP contribution is -2.45. The molecule has 0 aromatic heterocycles. The van der Waals surface area contributed by atoms with Crippen molar-refractivity contribution < 1.29 is 27.8 Å². The van der Waals surface area contributed by atoms with E-state index in [1.165, 1.54) is 7.11 Å². The van der Waals surface area contributed by atoms with Crippen LogP contribution in [0.3, 0.4) is 0 Å². The first-order chi connectivity index (χ1) is 8.68. The largest absolute Gasteiger partial charge is 0.481 e. The number of ether oxygens (including phenoxy) is 2. The lowest BCUT2D eigenvalue weighted by atomic mass is 10.0. The molecule has 114 valence electrons. The highest BCUT2D eigenvalue weighted by Crippen LogP contribution is 2.12. The van der Waals surface area contributed by atoms with Crippen LogP contribution in [0.2, 0.25) is 0 Å². The molecule has 0 atom stereocenters. The number of carbonyl (C=O) groups is 1. The Bertz CT molecular complexity index is 365. The van der Waals surface area contributed by atoms with Gasteiger partial charge in [0.15, 0.2) is 0 Å². The van der Waals surface area contributed by atoms with Crippen LogP contribution < -0.4 is 4.72 Å². The Morgan fingerprint density at radius 1 is 1.26 bits per heavy atom. The second-order valence-electron chi connectivity index (χ2n) is 4.80. The standard InChI is InChI=1S/C11H23NO6S/c1-11(2,5-4-10(13)14)12-19(15,16)9-8-18-7-6-17-3/h12H,4-9H2,1-3H3,(H,13,14). The van der Waals surface area contributed by atoms with Crippen LogP contribution in [-0.2, 0) is 24.3 Å². The molecule has 0 heterocycles. The van der Waals surface area contributed by atoms with Gasteiger partial charge in [0.05, 0.1) is 25.6 Å². The molecule has 0 unspecified atom stereocenters.